The van der Waals surface area contributed by atoms with E-state index >= 15 is 0 Å². The van der Waals surface area contributed by atoms with Gasteiger partial charge in [-0.1, -0.05) is 19.9 Å². The Balaban J connectivity index is 2.16. The van der Waals surface area contributed by atoms with E-state index < -0.39 is 10.0 Å². The smallest absolute Gasteiger partial charge is 0.251 e. The van der Waals surface area contributed by atoms with Gasteiger partial charge in [0, 0.05) is 18.7 Å². The zero-order valence-corrected chi connectivity index (χ0v) is 15.7. The van der Waals surface area contributed by atoms with Crippen LogP contribution in [-0.2, 0) is 16.6 Å². The van der Waals surface area contributed by atoms with Crippen LogP contribution in [0.1, 0.15) is 41.6 Å². The van der Waals surface area contributed by atoms with E-state index in [2.05, 4.69) is 10.3 Å². The third-order valence-electron chi connectivity index (χ3n) is 3.91. The van der Waals surface area contributed by atoms with Crippen molar-refractivity contribution in [2.75, 3.05) is 13.1 Å². The van der Waals surface area contributed by atoms with Gasteiger partial charge in [-0.2, -0.15) is 4.31 Å². The maximum absolute atomic E-state index is 12.6. The largest absolute Gasteiger partial charge is 0.444 e. The topological polar surface area (TPSA) is 92.5 Å². The highest BCUT2D eigenvalue weighted by Gasteiger charge is 2.22. The summed E-state index contributed by atoms with van der Waals surface area (Å²) < 4.78 is 31.9. The van der Waals surface area contributed by atoms with Crippen molar-refractivity contribution in [3.8, 4) is 0 Å². The number of hydrogen-bond acceptors (Lipinski definition) is 5. The summed E-state index contributed by atoms with van der Waals surface area (Å²) >= 11 is 0. The Bertz CT molecular complexity index is 835. The molecule has 136 valence electrons. The van der Waals surface area contributed by atoms with E-state index in [0.29, 0.717) is 24.7 Å². The molecule has 1 aromatic carbocycles. The van der Waals surface area contributed by atoms with Gasteiger partial charge in [-0.25, -0.2) is 13.4 Å². The molecule has 0 saturated carbocycles. The van der Waals surface area contributed by atoms with Crippen molar-refractivity contribution in [1.82, 2.24) is 14.6 Å². The first kappa shape index (κ1) is 19.1. The number of amides is 1. The maximum Gasteiger partial charge on any atom is 0.251 e. The SMILES string of the molecule is CCN(CC)S(=O)(=O)c1cccc(C(=O)NCc2nc(C)c(C)o2)c1. The maximum atomic E-state index is 12.6. The Morgan fingerprint density at radius 1 is 1.24 bits per heavy atom. The molecule has 0 aliphatic heterocycles. The van der Waals surface area contributed by atoms with Gasteiger partial charge in [-0.05, 0) is 32.0 Å². The summed E-state index contributed by atoms with van der Waals surface area (Å²) in [5, 5.41) is 2.69. The van der Waals surface area contributed by atoms with E-state index in [9.17, 15) is 13.2 Å². The van der Waals surface area contributed by atoms with Crippen molar-refractivity contribution in [3.05, 3.63) is 47.2 Å². The number of nitrogens with zero attached hydrogens (tertiary/aromatic N) is 2. The van der Waals surface area contributed by atoms with Crippen molar-refractivity contribution >= 4 is 15.9 Å². The number of oxazole rings is 1. The molecule has 1 aromatic heterocycles. The second-order valence-corrected chi connectivity index (χ2v) is 7.49. The molecule has 2 rings (SSSR count). The molecular weight excluding hydrogens is 342 g/mol. The summed E-state index contributed by atoms with van der Waals surface area (Å²) in [7, 11) is -3.60. The number of rotatable bonds is 7. The molecule has 7 nitrogen and oxygen atoms in total. The first-order valence-electron chi connectivity index (χ1n) is 8.10. The Hall–Kier alpha value is -2.19. The molecule has 0 radical (unpaired) electrons. The lowest BCUT2D eigenvalue weighted by molar-refractivity contribution is 0.0947. The first-order chi connectivity index (χ1) is 11.8. The van der Waals surface area contributed by atoms with Crippen LogP contribution in [0.5, 0.6) is 0 Å². The van der Waals surface area contributed by atoms with E-state index in [4.69, 9.17) is 4.42 Å². The molecule has 0 bridgehead atoms. The van der Waals surface area contributed by atoms with E-state index in [1.54, 1.807) is 32.9 Å². The molecule has 25 heavy (non-hydrogen) atoms. The molecular formula is C17H23N3O4S. The van der Waals surface area contributed by atoms with E-state index in [0.717, 1.165) is 5.69 Å². The van der Waals surface area contributed by atoms with Gasteiger partial charge in [-0.15, -0.1) is 0 Å². The number of carbonyl (C=O) groups excluding carboxylic acids is 1. The van der Waals surface area contributed by atoms with Crippen molar-refractivity contribution in [2.45, 2.75) is 39.1 Å². The number of sulfonamides is 1. The number of aromatic nitrogens is 1. The van der Waals surface area contributed by atoms with Gasteiger partial charge in [0.1, 0.15) is 5.76 Å². The molecule has 1 amide bonds. The van der Waals surface area contributed by atoms with Crippen LogP contribution in [0.2, 0.25) is 0 Å². The first-order valence-corrected chi connectivity index (χ1v) is 9.54. The normalized spacial score (nSPS) is 11.7. The average Bonchev–Trinajstić information content (AvgIpc) is 2.91. The Labute approximate surface area is 148 Å². The molecule has 8 heteroatoms. The minimum atomic E-state index is -3.60. The predicted molar refractivity (Wildman–Crippen MR) is 93.7 cm³/mol. The van der Waals surface area contributed by atoms with Gasteiger partial charge in [0.15, 0.2) is 0 Å². The van der Waals surface area contributed by atoms with Gasteiger partial charge in [-0.3, -0.25) is 4.79 Å². The fourth-order valence-electron chi connectivity index (χ4n) is 2.38. The standard InChI is InChI=1S/C17H23N3O4S/c1-5-20(6-2)25(22,23)15-9-7-8-14(10-15)17(21)18-11-16-19-12(3)13(4)24-16/h7-10H,5-6,11H2,1-4H3,(H,18,21). The summed E-state index contributed by atoms with van der Waals surface area (Å²) in [5.41, 5.74) is 1.05. The van der Waals surface area contributed by atoms with Gasteiger partial charge in [0.05, 0.1) is 17.1 Å². The molecule has 0 unspecified atom stereocenters. The van der Waals surface area contributed by atoms with Gasteiger partial charge >= 0.3 is 0 Å². The van der Waals surface area contributed by atoms with Crippen LogP contribution in [0.3, 0.4) is 0 Å². The average molecular weight is 365 g/mol. The molecule has 0 fully saturated rings. The van der Waals surface area contributed by atoms with Crippen LogP contribution in [0.25, 0.3) is 0 Å². The Morgan fingerprint density at radius 2 is 1.92 bits per heavy atom. The fourth-order valence-corrected chi connectivity index (χ4v) is 3.89. The van der Waals surface area contributed by atoms with Crippen molar-refractivity contribution in [3.63, 3.8) is 0 Å². The van der Waals surface area contributed by atoms with E-state index in [-0.39, 0.29) is 22.9 Å². The van der Waals surface area contributed by atoms with Crippen LogP contribution in [0, 0.1) is 13.8 Å². The quantitative estimate of drug-likeness (QED) is 0.812. The Kier molecular flexibility index (Phi) is 5.97. The number of nitrogens with one attached hydrogen (secondary N) is 1. The summed E-state index contributed by atoms with van der Waals surface area (Å²) in [6.45, 7) is 8.06. The lowest BCUT2D eigenvalue weighted by atomic mass is 10.2. The fraction of sp³-hybridized carbons (Fsp3) is 0.412. The lowest BCUT2D eigenvalue weighted by Crippen LogP contribution is -2.31. The Morgan fingerprint density at radius 3 is 2.48 bits per heavy atom. The third kappa shape index (κ3) is 4.26. The summed E-state index contributed by atoms with van der Waals surface area (Å²) in [5.74, 6) is 0.733. The van der Waals surface area contributed by atoms with Gasteiger partial charge in [0.2, 0.25) is 15.9 Å². The summed E-state index contributed by atoms with van der Waals surface area (Å²) in [6, 6.07) is 6.01. The zero-order chi connectivity index (χ0) is 18.6. The highest BCUT2D eigenvalue weighted by Crippen LogP contribution is 2.17. The minimum Gasteiger partial charge on any atom is -0.444 e. The summed E-state index contributed by atoms with van der Waals surface area (Å²) in [4.78, 5) is 16.6. The second-order valence-electron chi connectivity index (χ2n) is 5.55. The molecule has 1 heterocycles. The van der Waals surface area contributed by atoms with Crippen LogP contribution >= 0.6 is 0 Å². The number of aryl methyl sites for hydroxylation is 2. The lowest BCUT2D eigenvalue weighted by Gasteiger charge is -2.18. The number of carbonyl (C=O) groups is 1. The van der Waals surface area contributed by atoms with Crippen LogP contribution < -0.4 is 5.32 Å². The molecule has 0 aliphatic carbocycles. The molecule has 2 aromatic rings. The van der Waals surface area contributed by atoms with Crippen LogP contribution in [0.4, 0.5) is 0 Å². The highest BCUT2D eigenvalue weighted by atomic mass is 32.2. The third-order valence-corrected chi connectivity index (χ3v) is 5.96. The number of hydrogen-bond donors (Lipinski definition) is 1. The zero-order valence-electron chi connectivity index (χ0n) is 14.9. The van der Waals surface area contributed by atoms with E-state index in [1.807, 2.05) is 6.92 Å². The highest BCUT2D eigenvalue weighted by molar-refractivity contribution is 7.89. The monoisotopic (exact) mass is 365 g/mol. The number of benzene rings is 1. The molecule has 0 aliphatic rings. The molecule has 0 saturated heterocycles. The second kappa shape index (κ2) is 7.79. The van der Waals surface area contributed by atoms with Crippen molar-refractivity contribution < 1.29 is 17.6 Å². The van der Waals surface area contributed by atoms with Crippen LogP contribution in [0.15, 0.2) is 33.6 Å². The van der Waals surface area contributed by atoms with Crippen molar-refractivity contribution in [1.29, 1.82) is 0 Å². The van der Waals surface area contributed by atoms with Gasteiger partial charge in [0.25, 0.3) is 5.91 Å². The minimum absolute atomic E-state index is 0.103. The molecule has 0 atom stereocenters. The van der Waals surface area contributed by atoms with E-state index in [1.165, 1.54) is 16.4 Å². The molecule has 1 N–H and O–H groups in total. The van der Waals surface area contributed by atoms with Crippen LogP contribution in [-0.4, -0.2) is 36.7 Å². The summed E-state index contributed by atoms with van der Waals surface area (Å²) in [6.07, 6.45) is 0. The predicted octanol–water partition coefficient (Wildman–Crippen LogP) is 2.25. The van der Waals surface area contributed by atoms with Gasteiger partial charge < -0.3 is 9.73 Å². The molecule has 0 spiro atoms. The van der Waals surface area contributed by atoms with Crippen molar-refractivity contribution in [2.24, 2.45) is 0 Å².